The minimum absolute atomic E-state index is 0.112. The van der Waals surface area contributed by atoms with Crippen LogP contribution in [0.4, 0.5) is 5.69 Å². The molecule has 0 aromatic heterocycles. The molecular formula is C24H26N4O3. The number of aryl methyl sites for hydroxylation is 1. The molecule has 1 aliphatic carbocycles. The smallest absolute Gasteiger partial charge is 0.303 e. The third-order valence-corrected chi connectivity index (χ3v) is 5.01. The summed E-state index contributed by atoms with van der Waals surface area (Å²) < 4.78 is 0. The van der Waals surface area contributed by atoms with E-state index in [1.54, 1.807) is 6.08 Å². The second-order valence-corrected chi connectivity index (χ2v) is 7.49. The zero-order valence-corrected chi connectivity index (χ0v) is 17.5. The van der Waals surface area contributed by atoms with Crippen LogP contribution in [0.15, 0.2) is 64.1 Å². The monoisotopic (exact) mass is 418 g/mol. The number of aliphatic carboxylic acids is 1. The number of nitrogens with one attached hydrogen (secondary N) is 1. The Kier molecular flexibility index (Phi) is 7.91. The molecule has 0 spiro atoms. The van der Waals surface area contributed by atoms with Crippen LogP contribution in [0.1, 0.15) is 49.4 Å². The molecule has 1 aromatic carbocycles. The largest absolute Gasteiger partial charge is 0.481 e. The van der Waals surface area contributed by atoms with Gasteiger partial charge in [-0.1, -0.05) is 30.4 Å². The van der Waals surface area contributed by atoms with Gasteiger partial charge in [0.2, 0.25) is 5.90 Å². The zero-order valence-electron chi connectivity index (χ0n) is 17.5. The summed E-state index contributed by atoms with van der Waals surface area (Å²) in [5.41, 5.74) is 6.47. The van der Waals surface area contributed by atoms with E-state index < -0.39 is 5.97 Å². The van der Waals surface area contributed by atoms with Crippen LogP contribution in [0.2, 0.25) is 0 Å². The van der Waals surface area contributed by atoms with E-state index in [0.29, 0.717) is 24.3 Å². The van der Waals surface area contributed by atoms with Gasteiger partial charge in [0.25, 0.3) is 0 Å². The van der Waals surface area contributed by atoms with Crippen LogP contribution in [-0.4, -0.2) is 23.2 Å². The lowest BCUT2D eigenvalue weighted by Gasteiger charge is -2.09. The third kappa shape index (κ3) is 6.76. The van der Waals surface area contributed by atoms with Gasteiger partial charge < -0.3 is 9.94 Å². The first-order valence-electron chi connectivity index (χ1n) is 10.4. The Morgan fingerprint density at radius 2 is 2.26 bits per heavy atom. The van der Waals surface area contributed by atoms with E-state index in [0.717, 1.165) is 29.7 Å². The van der Waals surface area contributed by atoms with Gasteiger partial charge in [-0.25, -0.2) is 4.99 Å². The molecule has 31 heavy (non-hydrogen) atoms. The fourth-order valence-electron chi connectivity index (χ4n) is 3.23. The highest BCUT2D eigenvalue weighted by Crippen LogP contribution is 2.28. The lowest BCUT2D eigenvalue weighted by molar-refractivity contribution is -0.137. The minimum Gasteiger partial charge on any atom is -0.481 e. The van der Waals surface area contributed by atoms with Crippen molar-refractivity contribution >= 4 is 23.8 Å². The second-order valence-electron chi connectivity index (χ2n) is 7.49. The minimum atomic E-state index is -0.763. The number of hydrogen-bond acceptors (Lipinski definition) is 6. The van der Waals surface area contributed by atoms with E-state index in [9.17, 15) is 4.79 Å². The fraction of sp³-hybridized carbons (Fsp3) is 0.333. The van der Waals surface area contributed by atoms with Gasteiger partial charge in [-0.3, -0.25) is 9.79 Å². The van der Waals surface area contributed by atoms with Crippen molar-refractivity contribution in [2.45, 2.75) is 45.2 Å². The van der Waals surface area contributed by atoms with Gasteiger partial charge in [0.05, 0.1) is 17.3 Å². The van der Waals surface area contributed by atoms with E-state index in [1.165, 1.54) is 0 Å². The van der Waals surface area contributed by atoms with Crippen molar-refractivity contribution < 1.29 is 14.7 Å². The highest BCUT2D eigenvalue weighted by atomic mass is 16.7. The molecule has 2 N–H and O–H groups in total. The normalized spacial score (nSPS) is 20.1. The summed E-state index contributed by atoms with van der Waals surface area (Å²) in [7, 11) is 0. The summed E-state index contributed by atoms with van der Waals surface area (Å²) >= 11 is 0. The predicted molar refractivity (Wildman–Crippen MR) is 120 cm³/mol. The van der Waals surface area contributed by atoms with Gasteiger partial charge in [0.15, 0.2) is 6.17 Å². The van der Waals surface area contributed by atoms with Crippen LogP contribution in [0.3, 0.4) is 0 Å². The maximum absolute atomic E-state index is 10.6. The highest BCUT2D eigenvalue weighted by Gasteiger charge is 2.22. The Balaban J connectivity index is 1.59. The number of nitriles is 1. The van der Waals surface area contributed by atoms with Crippen molar-refractivity contribution in [1.82, 2.24) is 5.48 Å². The maximum atomic E-state index is 10.6. The quantitative estimate of drug-likeness (QED) is 0.440. The number of carboxylic acids is 1. The number of aliphatic imine (C=N–C) groups is 2. The highest BCUT2D eigenvalue weighted by molar-refractivity contribution is 5.78. The molecule has 0 amide bonds. The average molecular weight is 418 g/mol. The van der Waals surface area contributed by atoms with Crippen molar-refractivity contribution in [3.05, 3.63) is 65.3 Å². The summed E-state index contributed by atoms with van der Waals surface area (Å²) in [5.74, 6) is -0.0316. The number of rotatable bonds is 9. The SMILES string of the molecule is Cc1ccc(C2N=C(CC3C=CC=C(C#N)C=C3)ON2)cc1N=CCCCCC(=O)O. The third-order valence-electron chi connectivity index (χ3n) is 5.01. The van der Waals surface area contributed by atoms with Crippen LogP contribution in [0.5, 0.6) is 0 Å². The van der Waals surface area contributed by atoms with Crippen molar-refractivity contribution in [3.8, 4) is 6.07 Å². The standard InChI is InChI=1S/C24H26N4O3/c1-17-9-12-20(15-21(17)26-13-4-2-3-8-23(29)30)24-27-22(31-28-24)14-18-6-5-7-19(16-25)11-10-18/h5-7,9-13,15,18,24,28H,2-4,8,14H2,1H3,(H,29,30). The number of unbranched alkanes of at least 4 members (excludes halogenated alkanes) is 2. The predicted octanol–water partition coefficient (Wildman–Crippen LogP) is 4.86. The van der Waals surface area contributed by atoms with E-state index in [4.69, 9.17) is 15.2 Å². The molecule has 0 radical (unpaired) electrons. The van der Waals surface area contributed by atoms with Crippen LogP contribution >= 0.6 is 0 Å². The molecule has 1 heterocycles. The summed E-state index contributed by atoms with van der Waals surface area (Å²) in [6.45, 7) is 2.00. The first-order valence-corrected chi connectivity index (χ1v) is 10.4. The molecule has 3 rings (SSSR count). The molecule has 0 saturated carbocycles. The number of nitrogens with zero attached hydrogens (tertiary/aromatic N) is 3. The summed E-state index contributed by atoms with van der Waals surface area (Å²) in [5, 5.41) is 17.7. The molecule has 160 valence electrons. The first-order chi connectivity index (χ1) is 15.0. The number of carbonyl (C=O) groups is 1. The van der Waals surface area contributed by atoms with E-state index in [1.807, 2.05) is 55.6 Å². The van der Waals surface area contributed by atoms with Crippen LogP contribution in [-0.2, 0) is 9.63 Å². The maximum Gasteiger partial charge on any atom is 0.303 e. The zero-order chi connectivity index (χ0) is 22.1. The molecule has 0 bridgehead atoms. The van der Waals surface area contributed by atoms with Crippen molar-refractivity contribution in [2.75, 3.05) is 0 Å². The Morgan fingerprint density at radius 3 is 3.06 bits per heavy atom. The van der Waals surface area contributed by atoms with E-state index in [-0.39, 0.29) is 18.5 Å². The topological polar surface area (TPSA) is 107 Å². The van der Waals surface area contributed by atoms with Gasteiger partial charge in [-0.05, 0) is 55.5 Å². The second kappa shape index (κ2) is 11.0. The Bertz CT molecular complexity index is 999. The number of hydroxylamine groups is 1. The lowest BCUT2D eigenvalue weighted by Crippen LogP contribution is -2.15. The summed E-state index contributed by atoms with van der Waals surface area (Å²) in [6.07, 6.45) is 14.0. The van der Waals surface area contributed by atoms with Gasteiger partial charge in [-0.2, -0.15) is 5.26 Å². The summed E-state index contributed by atoms with van der Waals surface area (Å²) in [4.78, 5) is 25.4. The molecule has 1 aromatic rings. The van der Waals surface area contributed by atoms with E-state index in [2.05, 4.69) is 21.5 Å². The molecule has 0 fully saturated rings. The lowest BCUT2D eigenvalue weighted by atomic mass is 10.0. The van der Waals surface area contributed by atoms with Crippen LogP contribution in [0, 0.1) is 24.2 Å². The Morgan fingerprint density at radius 1 is 1.39 bits per heavy atom. The van der Waals surface area contributed by atoms with E-state index >= 15 is 0 Å². The molecule has 0 saturated heterocycles. The van der Waals surface area contributed by atoms with Gasteiger partial charge in [0.1, 0.15) is 0 Å². The Labute approximate surface area is 182 Å². The van der Waals surface area contributed by atoms with Gasteiger partial charge in [-0.15, -0.1) is 5.48 Å². The van der Waals surface area contributed by atoms with Crippen molar-refractivity contribution in [1.29, 1.82) is 5.26 Å². The molecule has 2 unspecified atom stereocenters. The Hall–Kier alpha value is -3.50. The van der Waals surface area contributed by atoms with Crippen LogP contribution in [0.25, 0.3) is 0 Å². The fourth-order valence-corrected chi connectivity index (χ4v) is 3.23. The molecule has 1 aliphatic heterocycles. The molecular weight excluding hydrogens is 392 g/mol. The number of allylic oxidation sites excluding steroid dienone is 6. The van der Waals surface area contributed by atoms with Gasteiger partial charge >= 0.3 is 5.97 Å². The number of benzene rings is 1. The summed E-state index contributed by atoms with van der Waals surface area (Å²) in [6, 6.07) is 8.14. The number of carboxylic acid groups (broad SMARTS) is 1. The van der Waals surface area contributed by atoms with Crippen molar-refractivity contribution in [3.63, 3.8) is 0 Å². The van der Waals surface area contributed by atoms with Crippen molar-refractivity contribution in [2.24, 2.45) is 15.9 Å². The molecule has 2 atom stereocenters. The molecule has 2 aliphatic rings. The first kappa shape index (κ1) is 22.2. The van der Waals surface area contributed by atoms with Gasteiger partial charge in [0, 0.05) is 25.0 Å². The molecule has 7 heteroatoms. The number of hydrogen-bond donors (Lipinski definition) is 2. The molecule has 7 nitrogen and oxygen atoms in total. The average Bonchev–Trinajstić information content (AvgIpc) is 3.09. The van der Waals surface area contributed by atoms with Crippen LogP contribution < -0.4 is 5.48 Å².